The Morgan fingerprint density at radius 2 is 2.00 bits per heavy atom. The van der Waals surface area contributed by atoms with Crippen molar-refractivity contribution in [2.45, 2.75) is 32.7 Å². The highest BCUT2D eigenvalue weighted by molar-refractivity contribution is 5.36. The third kappa shape index (κ3) is 2.70. The van der Waals surface area contributed by atoms with Crippen LogP contribution in [0, 0.1) is 19.8 Å². The van der Waals surface area contributed by atoms with Gasteiger partial charge in [0.25, 0.3) is 0 Å². The van der Waals surface area contributed by atoms with Crippen LogP contribution in [-0.2, 0) is 4.74 Å². The minimum Gasteiger partial charge on any atom is -0.381 e. The SMILES string of the molecule is CNC(c1c(C)cccc1C)C1CCCOC1. The number of hydrogen-bond donors (Lipinski definition) is 1. The normalized spacial score (nSPS) is 22.4. The summed E-state index contributed by atoms with van der Waals surface area (Å²) in [5.74, 6) is 0.605. The third-order valence-electron chi connectivity index (χ3n) is 3.83. The summed E-state index contributed by atoms with van der Waals surface area (Å²) in [4.78, 5) is 0. The number of aryl methyl sites for hydroxylation is 2. The summed E-state index contributed by atoms with van der Waals surface area (Å²) >= 11 is 0. The first-order valence-corrected chi connectivity index (χ1v) is 6.55. The number of ether oxygens (including phenoxy) is 1. The van der Waals surface area contributed by atoms with Gasteiger partial charge in [0.05, 0.1) is 6.61 Å². The van der Waals surface area contributed by atoms with Crippen molar-refractivity contribution in [1.82, 2.24) is 5.32 Å². The van der Waals surface area contributed by atoms with Crippen molar-refractivity contribution in [3.05, 3.63) is 34.9 Å². The van der Waals surface area contributed by atoms with Crippen LogP contribution in [0.15, 0.2) is 18.2 Å². The Morgan fingerprint density at radius 3 is 2.53 bits per heavy atom. The fourth-order valence-electron chi connectivity index (χ4n) is 2.96. The van der Waals surface area contributed by atoms with Crippen LogP contribution in [-0.4, -0.2) is 20.3 Å². The maximum Gasteiger partial charge on any atom is 0.0512 e. The summed E-state index contributed by atoms with van der Waals surface area (Å²) in [5.41, 5.74) is 4.23. The Labute approximate surface area is 104 Å². The Balaban J connectivity index is 2.27. The molecule has 0 aromatic heterocycles. The fraction of sp³-hybridized carbons (Fsp3) is 0.600. The zero-order chi connectivity index (χ0) is 12.3. The maximum atomic E-state index is 5.63. The molecule has 0 saturated carbocycles. The van der Waals surface area contributed by atoms with E-state index in [1.807, 2.05) is 0 Å². The van der Waals surface area contributed by atoms with Gasteiger partial charge in [-0.25, -0.2) is 0 Å². The van der Waals surface area contributed by atoms with Crippen LogP contribution < -0.4 is 5.32 Å². The molecule has 1 aromatic carbocycles. The average Bonchev–Trinajstić information content (AvgIpc) is 2.35. The highest BCUT2D eigenvalue weighted by Crippen LogP contribution is 2.32. The molecule has 0 bridgehead atoms. The molecule has 0 aliphatic carbocycles. The largest absolute Gasteiger partial charge is 0.381 e. The van der Waals surface area contributed by atoms with E-state index in [4.69, 9.17) is 4.74 Å². The monoisotopic (exact) mass is 233 g/mol. The lowest BCUT2D eigenvalue weighted by Crippen LogP contribution is -2.32. The number of rotatable bonds is 3. The Morgan fingerprint density at radius 1 is 1.29 bits per heavy atom. The molecule has 0 radical (unpaired) electrons. The summed E-state index contributed by atoms with van der Waals surface area (Å²) in [6.45, 7) is 6.23. The van der Waals surface area contributed by atoms with Gasteiger partial charge in [-0.1, -0.05) is 18.2 Å². The summed E-state index contributed by atoms with van der Waals surface area (Å²) in [6.07, 6.45) is 2.45. The van der Waals surface area contributed by atoms with Gasteiger partial charge in [-0.05, 0) is 50.4 Å². The predicted octanol–water partition coefficient (Wildman–Crippen LogP) is 2.99. The Hall–Kier alpha value is -0.860. The molecule has 1 N–H and O–H groups in total. The van der Waals surface area contributed by atoms with Gasteiger partial charge in [0, 0.05) is 18.6 Å². The van der Waals surface area contributed by atoms with Crippen LogP contribution in [0.1, 0.15) is 35.6 Å². The molecule has 1 aliphatic rings. The zero-order valence-corrected chi connectivity index (χ0v) is 11.1. The van der Waals surface area contributed by atoms with E-state index in [9.17, 15) is 0 Å². The lowest BCUT2D eigenvalue weighted by Gasteiger charge is -2.32. The molecule has 1 fully saturated rings. The average molecular weight is 233 g/mol. The molecule has 2 rings (SSSR count). The van der Waals surface area contributed by atoms with Crippen LogP contribution in [0.2, 0.25) is 0 Å². The van der Waals surface area contributed by atoms with Gasteiger partial charge in [-0.2, -0.15) is 0 Å². The lowest BCUT2D eigenvalue weighted by molar-refractivity contribution is 0.0400. The van der Waals surface area contributed by atoms with E-state index in [2.05, 4.69) is 44.4 Å². The third-order valence-corrected chi connectivity index (χ3v) is 3.83. The summed E-state index contributed by atoms with van der Waals surface area (Å²) in [7, 11) is 2.06. The fourth-order valence-corrected chi connectivity index (χ4v) is 2.96. The van der Waals surface area contributed by atoms with Crippen molar-refractivity contribution in [3.8, 4) is 0 Å². The highest BCUT2D eigenvalue weighted by Gasteiger charge is 2.26. The molecule has 2 heteroatoms. The van der Waals surface area contributed by atoms with Gasteiger partial charge in [-0.15, -0.1) is 0 Å². The summed E-state index contributed by atoms with van der Waals surface area (Å²) in [6, 6.07) is 6.97. The molecular formula is C15H23NO. The maximum absolute atomic E-state index is 5.63. The van der Waals surface area contributed by atoms with Crippen LogP contribution in [0.25, 0.3) is 0 Å². The molecule has 2 nitrogen and oxygen atoms in total. The predicted molar refractivity (Wildman–Crippen MR) is 71.3 cm³/mol. The number of benzene rings is 1. The summed E-state index contributed by atoms with van der Waals surface area (Å²) in [5, 5.41) is 3.49. The van der Waals surface area contributed by atoms with Crippen LogP contribution in [0.4, 0.5) is 0 Å². The second-order valence-electron chi connectivity index (χ2n) is 5.05. The Kier molecular flexibility index (Phi) is 4.19. The molecule has 0 amide bonds. The van der Waals surface area contributed by atoms with E-state index in [1.54, 1.807) is 0 Å². The van der Waals surface area contributed by atoms with Crippen molar-refractivity contribution in [1.29, 1.82) is 0 Å². The molecule has 1 heterocycles. The van der Waals surface area contributed by atoms with Gasteiger partial charge >= 0.3 is 0 Å². The number of hydrogen-bond acceptors (Lipinski definition) is 2. The molecular weight excluding hydrogens is 210 g/mol. The lowest BCUT2D eigenvalue weighted by atomic mass is 9.85. The molecule has 17 heavy (non-hydrogen) atoms. The van der Waals surface area contributed by atoms with E-state index < -0.39 is 0 Å². The molecule has 94 valence electrons. The smallest absolute Gasteiger partial charge is 0.0512 e. The molecule has 2 atom stereocenters. The molecule has 1 saturated heterocycles. The first-order valence-electron chi connectivity index (χ1n) is 6.55. The first-order chi connectivity index (χ1) is 8.24. The second-order valence-corrected chi connectivity index (χ2v) is 5.05. The molecule has 1 aliphatic heterocycles. The minimum absolute atomic E-state index is 0.427. The Bertz CT molecular complexity index is 349. The van der Waals surface area contributed by atoms with E-state index in [1.165, 1.54) is 29.5 Å². The van der Waals surface area contributed by atoms with Crippen LogP contribution in [0.3, 0.4) is 0 Å². The standard InChI is InChI=1S/C15H23NO/c1-11-6-4-7-12(2)14(11)15(16-3)13-8-5-9-17-10-13/h4,6-7,13,15-16H,5,8-10H2,1-3H3. The summed E-state index contributed by atoms with van der Waals surface area (Å²) < 4.78 is 5.63. The van der Waals surface area contributed by atoms with Crippen molar-refractivity contribution >= 4 is 0 Å². The van der Waals surface area contributed by atoms with E-state index in [0.29, 0.717) is 12.0 Å². The van der Waals surface area contributed by atoms with Gasteiger partial charge < -0.3 is 10.1 Å². The van der Waals surface area contributed by atoms with E-state index in [0.717, 1.165) is 13.2 Å². The van der Waals surface area contributed by atoms with E-state index in [-0.39, 0.29) is 0 Å². The topological polar surface area (TPSA) is 21.3 Å². The van der Waals surface area contributed by atoms with Gasteiger partial charge in [0.1, 0.15) is 0 Å². The first kappa shape index (κ1) is 12.6. The van der Waals surface area contributed by atoms with Gasteiger partial charge in [0.2, 0.25) is 0 Å². The highest BCUT2D eigenvalue weighted by atomic mass is 16.5. The second kappa shape index (κ2) is 5.65. The van der Waals surface area contributed by atoms with Crippen LogP contribution in [0.5, 0.6) is 0 Å². The molecule has 0 spiro atoms. The number of nitrogens with one attached hydrogen (secondary N) is 1. The van der Waals surface area contributed by atoms with Crippen molar-refractivity contribution < 1.29 is 4.74 Å². The molecule has 1 aromatic rings. The van der Waals surface area contributed by atoms with E-state index >= 15 is 0 Å². The van der Waals surface area contributed by atoms with Crippen molar-refractivity contribution in [2.75, 3.05) is 20.3 Å². The van der Waals surface area contributed by atoms with Gasteiger partial charge in [0.15, 0.2) is 0 Å². The molecule has 2 unspecified atom stereocenters. The van der Waals surface area contributed by atoms with Crippen molar-refractivity contribution in [3.63, 3.8) is 0 Å². The minimum atomic E-state index is 0.427. The van der Waals surface area contributed by atoms with Gasteiger partial charge in [-0.3, -0.25) is 0 Å². The van der Waals surface area contributed by atoms with Crippen LogP contribution >= 0.6 is 0 Å². The van der Waals surface area contributed by atoms with Crippen molar-refractivity contribution in [2.24, 2.45) is 5.92 Å². The quantitative estimate of drug-likeness (QED) is 0.866. The zero-order valence-electron chi connectivity index (χ0n) is 11.1.